The number of ether oxygens (including phenoxy) is 1. The van der Waals surface area contributed by atoms with E-state index >= 15 is 0 Å². The Morgan fingerprint density at radius 2 is 1.88 bits per heavy atom. The Morgan fingerprint density at radius 3 is 2.42 bits per heavy atom. The number of nitrogens with zero attached hydrogens (tertiary/aromatic N) is 1. The molecule has 2 rings (SSSR count). The van der Waals surface area contributed by atoms with Crippen LogP contribution in [-0.4, -0.2) is 24.1 Å². The van der Waals surface area contributed by atoms with Crippen molar-refractivity contribution in [3.63, 3.8) is 0 Å². The van der Waals surface area contributed by atoms with Crippen molar-refractivity contribution in [1.82, 2.24) is 4.98 Å². The predicted molar refractivity (Wildman–Crippen MR) is 96.3 cm³/mol. The SMILES string of the molecule is COc1ccc(CC(=O)C(CCCC(F)(F)F)c2ccc(Br)cc2)cn1. The van der Waals surface area contributed by atoms with Gasteiger partial charge < -0.3 is 4.74 Å². The number of carbonyl (C=O) groups is 1. The van der Waals surface area contributed by atoms with Crippen molar-refractivity contribution in [3.05, 3.63) is 58.2 Å². The van der Waals surface area contributed by atoms with Gasteiger partial charge in [-0.25, -0.2) is 4.98 Å². The van der Waals surface area contributed by atoms with Crippen molar-refractivity contribution < 1.29 is 22.7 Å². The molecule has 7 heteroatoms. The fourth-order valence-electron chi connectivity index (χ4n) is 2.68. The van der Waals surface area contributed by atoms with Crippen molar-refractivity contribution in [1.29, 1.82) is 0 Å². The van der Waals surface area contributed by atoms with E-state index in [-0.39, 0.29) is 25.0 Å². The van der Waals surface area contributed by atoms with E-state index in [0.29, 0.717) is 11.4 Å². The van der Waals surface area contributed by atoms with Crippen LogP contribution in [0.1, 0.15) is 36.3 Å². The Balaban J connectivity index is 2.12. The maximum absolute atomic E-state index is 12.8. The number of ketones is 1. The molecule has 0 amide bonds. The van der Waals surface area contributed by atoms with Gasteiger partial charge in [-0.05, 0) is 36.1 Å². The molecule has 1 aromatic heterocycles. The minimum atomic E-state index is -4.22. The lowest BCUT2D eigenvalue weighted by molar-refractivity contribution is -0.136. The van der Waals surface area contributed by atoms with Gasteiger partial charge in [0.25, 0.3) is 0 Å². The van der Waals surface area contributed by atoms with Crippen LogP contribution in [0.2, 0.25) is 0 Å². The molecule has 1 atom stereocenters. The summed E-state index contributed by atoms with van der Waals surface area (Å²) < 4.78 is 43.2. The van der Waals surface area contributed by atoms with Crippen LogP contribution < -0.4 is 4.74 Å². The van der Waals surface area contributed by atoms with Gasteiger partial charge in [-0.2, -0.15) is 13.2 Å². The normalized spacial score (nSPS) is 12.7. The van der Waals surface area contributed by atoms with E-state index in [9.17, 15) is 18.0 Å². The molecule has 140 valence electrons. The lowest BCUT2D eigenvalue weighted by atomic mass is 9.87. The van der Waals surface area contributed by atoms with Crippen molar-refractivity contribution in [2.45, 2.75) is 37.8 Å². The van der Waals surface area contributed by atoms with Gasteiger partial charge in [-0.3, -0.25) is 4.79 Å². The first-order valence-corrected chi connectivity index (χ1v) is 8.91. The number of methoxy groups -OCH3 is 1. The van der Waals surface area contributed by atoms with Gasteiger partial charge in [0.1, 0.15) is 5.78 Å². The zero-order valence-electron chi connectivity index (χ0n) is 14.2. The molecule has 0 aliphatic heterocycles. The molecule has 0 aliphatic rings. The highest BCUT2D eigenvalue weighted by molar-refractivity contribution is 9.10. The molecule has 0 saturated heterocycles. The molecule has 1 aromatic carbocycles. The van der Waals surface area contributed by atoms with Crippen LogP contribution in [0.3, 0.4) is 0 Å². The summed E-state index contributed by atoms with van der Waals surface area (Å²) in [4.78, 5) is 16.8. The smallest absolute Gasteiger partial charge is 0.389 e. The first-order valence-electron chi connectivity index (χ1n) is 8.12. The van der Waals surface area contributed by atoms with Crippen LogP contribution in [0.15, 0.2) is 47.1 Å². The maximum atomic E-state index is 12.8. The third-order valence-corrected chi connectivity index (χ3v) is 4.53. The largest absolute Gasteiger partial charge is 0.481 e. The van der Waals surface area contributed by atoms with Gasteiger partial charge in [0.2, 0.25) is 5.88 Å². The van der Waals surface area contributed by atoms with E-state index in [0.717, 1.165) is 10.0 Å². The Hall–Kier alpha value is -1.89. The summed E-state index contributed by atoms with van der Waals surface area (Å²) in [7, 11) is 1.50. The summed E-state index contributed by atoms with van der Waals surface area (Å²) in [6, 6.07) is 10.5. The van der Waals surface area contributed by atoms with E-state index in [1.165, 1.54) is 7.11 Å². The Bertz CT molecular complexity index is 715. The number of halogens is 4. The predicted octanol–water partition coefficient (Wildman–Crippen LogP) is 5.48. The van der Waals surface area contributed by atoms with Crippen LogP contribution in [0.4, 0.5) is 13.2 Å². The Morgan fingerprint density at radius 1 is 1.19 bits per heavy atom. The van der Waals surface area contributed by atoms with Gasteiger partial charge in [-0.1, -0.05) is 34.1 Å². The number of aromatic nitrogens is 1. The second-order valence-corrected chi connectivity index (χ2v) is 6.88. The van der Waals surface area contributed by atoms with Gasteiger partial charge in [0.15, 0.2) is 0 Å². The third kappa shape index (κ3) is 6.44. The molecule has 2 aromatic rings. The van der Waals surface area contributed by atoms with E-state index < -0.39 is 18.5 Å². The van der Waals surface area contributed by atoms with E-state index in [1.54, 1.807) is 42.6 Å². The zero-order valence-corrected chi connectivity index (χ0v) is 15.8. The first kappa shape index (κ1) is 20.4. The van der Waals surface area contributed by atoms with Crippen LogP contribution in [0, 0.1) is 0 Å². The summed E-state index contributed by atoms with van der Waals surface area (Å²) in [6.07, 6.45) is -3.38. The quantitative estimate of drug-likeness (QED) is 0.557. The molecule has 0 N–H and O–H groups in total. The summed E-state index contributed by atoms with van der Waals surface area (Å²) in [6.45, 7) is 0. The van der Waals surface area contributed by atoms with Crippen molar-refractivity contribution >= 4 is 21.7 Å². The number of rotatable bonds is 8. The average Bonchev–Trinajstić information content (AvgIpc) is 2.59. The van der Waals surface area contributed by atoms with Crippen LogP contribution in [-0.2, 0) is 11.2 Å². The lowest BCUT2D eigenvalue weighted by Crippen LogP contribution is -2.17. The maximum Gasteiger partial charge on any atom is 0.389 e. The molecule has 3 nitrogen and oxygen atoms in total. The zero-order chi connectivity index (χ0) is 19.2. The van der Waals surface area contributed by atoms with Crippen LogP contribution >= 0.6 is 15.9 Å². The minimum absolute atomic E-state index is 0.0865. The van der Waals surface area contributed by atoms with Gasteiger partial charge in [0.05, 0.1) is 7.11 Å². The van der Waals surface area contributed by atoms with Gasteiger partial charge in [0, 0.05) is 35.5 Å². The summed E-state index contributed by atoms with van der Waals surface area (Å²) in [5.74, 6) is -0.259. The van der Waals surface area contributed by atoms with Crippen molar-refractivity contribution in [3.8, 4) is 5.88 Å². The molecule has 0 spiro atoms. The minimum Gasteiger partial charge on any atom is -0.481 e. The standard InChI is InChI=1S/C19H19BrF3NO2/c1-26-18-9-4-13(12-24-18)11-17(25)16(3-2-10-19(21,22)23)14-5-7-15(20)8-6-14/h4-9,12,16H,2-3,10-11H2,1H3. The fourth-order valence-corrected chi connectivity index (χ4v) is 2.94. The molecule has 0 saturated carbocycles. The molecule has 0 aliphatic carbocycles. The summed E-state index contributed by atoms with van der Waals surface area (Å²) in [5.41, 5.74) is 1.43. The van der Waals surface area contributed by atoms with Crippen molar-refractivity contribution in [2.75, 3.05) is 7.11 Å². The fraction of sp³-hybridized carbons (Fsp3) is 0.368. The highest BCUT2D eigenvalue weighted by Gasteiger charge is 2.28. The molecular formula is C19H19BrF3NO2. The Kier molecular flexibility index (Phi) is 7.20. The van der Waals surface area contributed by atoms with Crippen LogP contribution in [0.25, 0.3) is 0 Å². The highest BCUT2D eigenvalue weighted by atomic mass is 79.9. The second-order valence-electron chi connectivity index (χ2n) is 5.96. The monoisotopic (exact) mass is 429 g/mol. The highest BCUT2D eigenvalue weighted by Crippen LogP contribution is 2.30. The lowest BCUT2D eigenvalue weighted by Gasteiger charge is -2.17. The Labute approximate surface area is 158 Å². The van der Waals surface area contributed by atoms with Crippen molar-refractivity contribution in [2.24, 2.45) is 0 Å². The third-order valence-electron chi connectivity index (χ3n) is 4.00. The number of Topliss-reactive ketones (excluding diaryl/α,β-unsaturated/α-hetero) is 1. The van der Waals surface area contributed by atoms with E-state index in [4.69, 9.17) is 4.74 Å². The molecule has 0 fully saturated rings. The number of alkyl halides is 3. The van der Waals surface area contributed by atoms with Gasteiger partial charge in [-0.15, -0.1) is 0 Å². The molecule has 26 heavy (non-hydrogen) atoms. The van der Waals surface area contributed by atoms with E-state index in [2.05, 4.69) is 20.9 Å². The van der Waals surface area contributed by atoms with Crippen LogP contribution in [0.5, 0.6) is 5.88 Å². The number of benzene rings is 1. The number of pyridine rings is 1. The molecule has 1 heterocycles. The molecular weight excluding hydrogens is 411 g/mol. The average molecular weight is 430 g/mol. The molecule has 1 unspecified atom stereocenters. The molecule has 0 radical (unpaired) electrons. The summed E-state index contributed by atoms with van der Waals surface area (Å²) >= 11 is 3.32. The number of carbonyl (C=O) groups excluding carboxylic acids is 1. The van der Waals surface area contributed by atoms with Gasteiger partial charge >= 0.3 is 6.18 Å². The number of hydrogen-bond acceptors (Lipinski definition) is 3. The topological polar surface area (TPSA) is 39.2 Å². The first-order chi connectivity index (χ1) is 12.3. The summed E-state index contributed by atoms with van der Waals surface area (Å²) in [5, 5.41) is 0. The number of hydrogen-bond donors (Lipinski definition) is 0. The van der Waals surface area contributed by atoms with E-state index in [1.807, 2.05) is 0 Å². The second kappa shape index (κ2) is 9.16. The molecule has 0 bridgehead atoms.